The molecule has 1 aliphatic rings. The van der Waals surface area contributed by atoms with E-state index < -0.39 is 0 Å². The number of carbonyl (C=O) groups excluding carboxylic acids is 1. The highest BCUT2D eigenvalue weighted by molar-refractivity contribution is 5.93. The smallest absolute Gasteiger partial charge is 0.271 e. The summed E-state index contributed by atoms with van der Waals surface area (Å²) in [6.07, 6.45) is 0. The summed E-state index contributed by atoms with van der Waals surface area (Å²) in [5.74, 6) is 0.0114. The van der Waals surface area contributed by atoms with E-state index in [-0.39, 0.29) is 5.91 Å². The first kappa shape index (κ1) is 18.4. The number of H-pyrrole nitrogens is 1. The zero-order chi connectivity index (χ0) is 19.7. The normalized spacial score (nSPS) is 15.2. The Morgan fingerprint density at radius 2 is 1.82 bits per heavy atom. The fraction of sp³-hybridized carbons (Fsp3) is 0.381. The average molecular weight is 378 g/mol. The molecule has 3 heterocycles. The van der Waals surface area contributed by atoms with Crippen molar-refractivity contribution in [1.82, 2.24) is 29.8 Å². The number of nitrogens with one attached hydrogen (secondary N) is 1. The third-order valence-corrected chi connectivity index (χ3v) is 5.48. The van der Waals surface area contributed by atoms with Crippen LogP contribution in [-0.2, 0) is 13.6 Å². The first-order valence-corrected chi connectivity index (χ1v) is 9.64. The van der Waals surface area contributed by atoms with Crippen molar-refractivity contribution in [2.75, 3.05) is 26.2 Å². The number of aryl methyl sites for hydroxylation is 2. The standard InChI is InChI=1S/C21H26N6O/c1-15-20(16(2)25(3)24-15)18-13-19(23-22-18)21(28)27-11-9-26(10-12-27)14-17-7-5-4-6-8-17/h4-8,13H,9-12,14H2,1-3H3,(H,22,23). The minimum atomic E-state index is 0.0114. The minimum absolute atomic E-state index is 0.0114. The minimum Gasteiger partial charge on any atom is -0.335 e. The van der Waals surface area contributed by atoms with Crippen LogP contribution in [0.5, 0.6) is 0 Å². The molecule has 1 saturated heterocycles. The molecule has 7 heteroatoms. The quantitative estimate of drug-likeness (QED) is 0.757. The predicted octanol–water partition coefficient (Wildman–Crippen LogP) is 2.39. The zero-order valence-electron chi connectivity index (χ0n) is 16.6. The molecule has 1 N–H and O–H groups in total. The van der Waals surface area contributed by atoms with Gasteiger partial charge in [0, 0.05) is 51.0 Å². The van der Waals surface area contributed by atoms with Gasteiger partial charge in [-0.3, -0.25) is 19.5 Å². The second kappa shape index (κ2) is 7.59. The van der Waals surface area contributed by atoms with Gasteiger partial charge in [-0.15, -0.1) is 0 Å². The molecular weight excluding hydrogens is 352 g/mol. The molecule has 28 heavy (non-hydrogen) atoms. The summed E-state index contributed by atoms with van der Waals surface area (Å²) in [6, 6.07) is 12.3. The monoisotopic (exact) mass is 378 g/mol. The first-order chi connectivity index (χ1) is 13.5. The van der Waals surface area contributed by atoms with E-state index in [4.69, 9.17) is 0 Å². The molecule has 1 aromatic carbocycles. The van der Waals surface area contributed by atoms with Crippen molar-refractivity contribution >= 4 is 5.91 Å². The summed E-state index contributed by atoms with van der Waals surface area (Å²) in [4.78, 5) is 17.2. The fourth-order valence-electron chi connectivity index (χ4n) is 3.82. The Labute approximate surface area is 165 Å². The predicted molar refractivity (Wildman–Crippen MR) is 108 cm³/mol. The van der Waals surface area contributed by atoms with Crippen LogP contribution in [0.3, 0.4) is 0 Å². The van der Waals surface area contributed by atoms with Crippen molar-refractivity contribution in [2.24, 2.45) is 7.05 Å². The van der Waals surface area contributed by atoms with Crippen molar-refractivity contribution in [3.8, 4) is 11.3 Å². The third-order valence-electron chi connectivity index (χ3n) is 5.48. The number of hydrogen-bond donors (Lipinski definition) is 1. The van der Waals surface area contributed by atoms with E-state index in [2.05, 4.69) is 44.5 Å². The van der Waals surface area contributed by atoms with E-state index >= 15 is 0 Å². The van der Waals surface area contributed by atoms with Crippen LogP contribution in [0.15, 0.2) is 36.4 Å². The zero-order valence-corrected chi connectivity index (χ0v) is 16.6. The lowest BCUT2D eigenvalue weighted by molar-refractivity contribution is 0.0622. The molecule has 1 amide bonds. The van der Waals surface area contributed by atoms with Crippen molar-refractivity contribution in [3.63, 3.8) is 0 Å². The van der Waals surface area contributed by atoms with Crippen molar-refractivity contribution in [3.05, 3.63) is 59.0 Å². The number of aromatic nitrogens is 4. The fourth-order valence-corrected chi connectivity index (χ4v) is 3.82. The van der Waals surface area contributed by atoms with Crippen molar-refractivity contribution < 1.29 is 4.79 Å². The van der Waals surface area contributed by atoms with Gasteiger partial charge in [-0.05, 0) is 25.5 Å². The lowest BCUT2D eigenvalue weighted by Gasteiger charge is -2.34. The van der Waals surface area contributed by atoms with E-state index in [1.807, 2.05) is 42.6 Å². The topological polar surface area (TPSA) is 70.1 Å². The highest BCUT2D eigenvalue weighted by atomic mass is 16.2. The van der Waals surface area contributed by atoms with Gasteiger partial charge in [0.1, 0.15) is 5.69 Å². The van der Waals surface area contributed by atoms with E-state index in [9.17, 15) is 4.79 Å². The van der Waals surface area contributed by atoms with Gasteiger partial charge in [-0.25, -0.2) is 0 Å². The molecule has 0 unspecified atom stereocenters. The largest absolute Gasteiger partial charge is 0.335 e. The number of hydrogen-bond acceptors (Lipinski definition) is 4. The maximum absolute atomic E-state index is 12.9. The lowest BCUT2D eigenvalue weighted by Crippen LogP contribution is -2.48. The Morgan fingerprint density at radius 3 is 2.46 bits per heavy atom. The molecule has 1 fully saturated rings. The van der Waals surface area contributed by atoms with Crippen LogP contribution < -0.4 is 0 Å². The Balaban J connectivity index is 1.40. The number of nitrogens with zero attached hydrogens (tertiary/aromatic N) is 5. The molecule has 3 aromatic rings. The van der Waals surface area contributed by atoms with Crippen molar-refractivity contribution in [2.45, 2.75) is 20.4 Å². The van der Waals surface area contributed by atoms with Crippen LogP contribution in [0.2, 0.25) is 0 Å². The molecule has 0 saturated carbocycles. The van der Waals surface area contributed by atoms with Gasteiger partial charge in [-0.2, -0.15) is 10.2 Å². The van der Waals surface area contributed by atoms with Crippen LogP contribution in [0.25, 0.3) is 11.3 Å². The summed E-state index contributed by atoms with van der Waals surface area (Å²) < 4.78 is 1.84. The highest BCUT2D eigenvalue weighted by Crippen LogP contribution is 2.25. The number of piperazine rings is 1. The van der Waals surface area contributed by atoms with Crippen LogP contribution >= 0.6 is 0 Å². The Bertz CT molecular complexity index is 966. The molecule has 0 bridgehead atoms. The molecule has 0 radical (unpaired) electrons. The Hall–Kier alpha value is -2.93. The van der Waals surface area contributed by atoms with Crippen molar-refractivity contribution in [1.29, 1.82) is 0 Å². The summed E-state index contributed by atoms with van der Waals surface area (Å²) in [5.41, 5.74) is 5.56. The van der Waals surface area contributed by atoms with Gasteiger partial charge >= 0.3 is 0 Å². The molecule has 4 rings (SSSR count). The van der Waals surface area contributed by atoms with E-state index in [0.717, 1.165) is 55.4 Å². The van der Waals surface area contributed by atoms with Crippen LogP contribution in [0.1, 0.15) is 27.4 Å². The van der Waals surface area contributed by atoms with Gasteiger partial charge in [0.15, 0.2) is 0 Å². The van der Waals surface area contributed by atoms with E-state index in [1.54, 1.807) is 0 Å². The number of amides is 1. The van der Waals surface area contributed by atoms with Crippen LogP contribution in [0, 0.1) is 13.8 Å². The summed E-state index contributed by atoms with van der Waals surface area (Å²) in [7, 11) is 1.92. The van der Waals surface area contributed by atoms with Gasteiger partial charge in [0.2, 0.25) is 0 Å². The molecule has 1 aliphatic heterocycles. The van der Waals surface area contributed by atoms with Crippen LogP contribution in [0.4, 0.5) is 0 Å². The molecule has 0 aliphatic carbocycles. The SMILES string of the molecule is Cc1nn(C)c(C)c1-c1cc(C(=O)N2CCN(Cc3ccccc3)CC2)[nH]n1. The van der Waals surface area contributed by atoms with Gasteiger partial charge in [0.25, 0.3) is 5.91 Å². The molecule has 2 aromatic heterocycles. The highest BCUT2D eigenvalue weighted by Gasteiger charge is 2.24. The van der Waals surface area contributed by atoms with Crippen LogP contribution in [-0.4, -0.2) is 61.9 Å². The average Bonchev–Trinajstić information content (AvgIpc) is 3.27. The summed E-state index contributed by atoms with van der Waals surface area (Å²) in [6.45, 7) is 8.11. The molecular formula is C21H26N6O. The lowest BCUT2D eigenvalue weighted by atomic mass is 10.1. The Morgan fingerprint density at radius 1 is 1.11 bits per heavy atom. The number of aromatic amines is 1. The third kappa shape index (κ3) is 3.57. The Kier molecular flexibility index (Phi) is 5.00. The van der Waals surface area contributed by atoms with Gasteiger partial charge in [-0.1, -0.05) is 30.3 Å². The molecule has 7 nitrogen and oxygen atoms in total. The second-order valence-electron chi connectivity index (χ2n) is 7.39. The molecule has 146 valence electrons. The van der Waals surface area contributed by atoms with Gasteiger partial charge < -0.3 is 4.90 Å². The number of rotatable bonds is 4. The number of carbonyl (C=O) groups is 1. The second-order valence-corrected chi connectivity index (χ2v) is 7.39. The maximum Gasteiger partial charge on any atom is 0.271 e. The first-order valence-electron chi connectivity index (χ1n) is 9.64. The summed E-state index contributed by atoms with van der Waals surface area (Å²) in [5, 5.41) is 11.7. The molecule has 0 atom stereocenters. The summed E-state index contributed by atoms with van der Waals surface area (Å²) >= 11 is 0. The maximum atomic E-state index is 12.9. The number of benzene rings is 1. The molecule has 0 spiro atoms. The van der Waals surface area contributed by atoms with E-state index in [0.29, 0.717) is 5.69 Å². The van der Waals surface area contributed by atoms with Gasteiger partial charge in [0.05, 0.1) is 11.4 Å². The van der Waals surface area contributed by atoms with E-state index in [1.165, 1.54) is 5.56 Å².